The number of allylic oxidation sites excluding steroid dienone is 2. The summed E-state index contributed by atoms with van der Waals surface area (Å²) in [6.07, 6.45) is 6.07. The van der Waals surface area contributed by atoms with Gasteiger partial charge in [0, 0.05) is 17.9 Å². The summed E-state index contributed by atoms with van der Waals surface area (Å²) in [5.41, 5.74) is 0.102. The van der Waals surface area contributed by atoms with Crippen molar-refractivity contribution in [2.45, 2.75) is 46.5 Å². The molecule has 2 atom stereocenters. The van der Waals surface area contributed by atoms with E-state index >= 15 is 0 Å². The largest absolute Gasteiger partial charge is 0.501 e. The molecule has 0 heterocycles. The molecule has 0 N–H and O–H groups in total. The quantitative estimate of drug-likeness (QED) is 0.680. The Hall–Kier alpha value is -0.790. The van der Waals surface area contributed by atoms with E-state index in [1.165, 1.54) is 12.8 Å². The van der Waals surface area contributed by atoms with Crippen molar-refractivity contribution in [3.8, 4) is 0 Å². The lowest BCUT2D eigenvalue weighted by atomic mass is 9.52. The van der Waals surface area contributed by atoms with Gasteiger partial charge in [-0.25, -0.2) is 0 Å². The van der Waals surface area contributed by atoms with Crippen LogP contribution in [0.15, 0.2) is 11.8 Å². The van der Waals surface area contributed by atoms with E-state index in [0.717, 1.165) is 18.6 Å². The molecule has 2 nitrogen and oxygen atoms in total. The van der Waals surface area contributed by atoms with Gasteiger partial charge in [-0.2, -0.15) is 0 Å². The third-order valence-corrected chi connectivity index (χ3v) is 4.75. The Morgan fingerprint density at radius 2 is 2.00 bits per heavy atom. The molecule has 2 aliphatic carbocycles. The maximum Gasteiger partial charge on any atom is 0.165 e. The lowest BCUT2D eigenvalue weighted by Crippen LogP contribution is -2.48. The van der Waals surface area contributed by atoms with Crippen LogP contribution in [-0.2, 0) is 9.53 Å². The van der Waals surface area contributed by atoms with Gasteiger partial charge in [0.15, 0.2) is 5.78 Å². The van der Waals surface area contributed by atoms with Crippen LogP contribution in [0, 0.1) is 16.7 Å². The van der Waals surface area contributed by atoms with Crippen LogP contribution < -0.4 is 0 Å². The van der Waals surface area contributed by atoms with Gasteiger partial charge in [-0.15, -0.1) is 0 Å². The summed E-state index contributed by atoms with van der Waals surface area (Å²) in [4.78, 5) is 12.3. The van der Waals surface area contributed by atoms with E-state index in [1.54, 1.807) is 13.2 Å². The van der Waals surface area contributed by atoms with E-state index in [-0.39, 0.29) is 16.6 Å². The minimum absolute atomic E-state index is 0.149. The molecule has 0 aromatic heterocycles. The minimum Gasteiger partial charge on any atom is -0.501 e. The molecule has 1 saturated carbocycles. The van der Waals surface area contributed by atoms with Crippen LogP contribution in [0.3, 0.4) is 0 Å². The van der Waals surface area contributed by atoms with E-state index in [2.05, 4.69) is 20.8 Å². The molecule has 16 heavy (non-hydrogen) atoms. The minimum atomic E-state index is -0.149. The normalized spacial score (nSPS) is 37.6. The van der Waals surface area contributed by atoms with Crippen LogP contribution in [-0.4, -0.2) is 12.9 Å². The highest BCUT2D eigenvalue weighted by Gasteiger charge is 2.52. The molecule has 2 rings (SSSR count). The van der Waals surface area contributed by atoms with Gasteiger partial charge in [-0.1, -0.05) is 27.2 Å². The Kier molecular flexibility index (Phi) is 2.64. The summed E-state index contributed by atoms with van der Waals surface area (Å²) in [5, 5.41) is 0. The average molecular weight is 222 g/mol. The van der Waals surface area contributed by atoms with E-state index in [0.29, 0.717) is 5.92 Å². The highest BCUT2D eigenvalue weighted by molar-refractivity contribution is 5.96. The molecule has 0 aromatic rings. The van der Waals surface area contributed by atoms with Crippen LogP contribution in [0.1, 0.15) is 46.5 Å². The first-order valence-electron chi connectivity index (χ1n) is 6.19. The summed E-state index contributed by atoms with van der Waals surface area (Å²) >= 11 is 0. The average Bonchev–Trinajstić information content (AvgIpc) is 2.20. The second kappa shape index (κ2) is 3.61. The highest BCUT2D eigenvalue weighted by atomic mass is 16.5. The van der Waals surface area contributed by atoms with Crippen molar-refractivity contribution >= 4 is 5.78 Å². The van der Waals surface area contributed by atoms with Crippen LogP contribution in [0.25, 0.3) is 0 Å². The SMILES string of the molecule is COC1=CC(=O)[C@@]2(C)CCCC(C)(C)[C@@H]2C1. The molecular weight excluding hydrogens is 200 g/mol. The number of rotatable bonds is 1. The fourth-order valence-electron chi connectivity index (χ4n) is 3.63. The molecule has 2 aliphatic rings. The van der Waals surface area contributed by atoms with Crippen molar-refractivity contribution in [3.63, 3.8) is 0 Å². The summed E-state index contributed by atoms with van der Waals surface area (Å²) < 4.78 is 5.29. The second-order valence-corrected chi connectivity index (χ2v) is 6.20. The van der Waals surface area contributed by atoms with Gasteiger partial charge in [-0.05, 0) is 24.2 Å². The third-order valence-electron chi connectivity index (χ3n) is 4.75. The summed E-state index contributed by atoms with van der Waals surface area (Å²) in [7, 11) is 1.66. The van der Waals surface area contributed by atoms with Gasteiger partial charge in [0.05, 0.1) is 12.9 Å². The first-order valence-corrected chi connectivity index (χ1v) is 6.19. The Morgan fingerprint density at radius 1 is 1.31 bits per heavy atom. The molecule has 2 heteroatoms. The molecule has 0 saturated heterocycles. The number of carbonyl (C=O) groups excluding carboxylic acids is 1. The number of carbonyl (C=O) groups is 1. The standard InChI is InChI=1S/C14H22O2/c1-13(2)6-5-7-14(3)11(13)8-10(16-4)9-12(14)15/h9,11H,5-8H2,1-4H3/t11-,14-/m0/s1. The summed E-state index contributed by atoms with van der Waals surface area (Å²) in [5.74, 6) is 1.57. The van der Waals surface area contributed by atoms with Crippen LogP contribution >= 0.6 is 0 Å². The Balaban J connectivity index is 2.40. The maximum absolute atomic E-state index is 12.3. The van der Waals surface area contributed by atoms with Crippen molar-refractivity contribution in [1.82, 2.24) is 0 Å². The third kappa shape index (κ3) is 1.59. The van der Waals surface area contributed by atoms with Crippen molar-refractivity contribution in [1.29, 1.82) is 0 Å². The zero-order valence-corrected chi connectivity index (χ0v) is 10.8. The lowest BCUT2D eigenvalue weighted by Gasteiger charge is -2.51. The molecule has 0 radical (unpaired) electrons. The molecule has 0 spiro atoms. The zero-order valence-electron chi connectivity index (χ0n) is 10.8. The van der Waals surface area contributed by atoms with Crippen LogP contribution in [0.4, 0.5) is 0 Å². The van der Waals surface area contributed by atoms with E-state index in [1.807, 2.05) is 0 Å². The van der Waals surface area contributed by atoms with Crippen LogP contribution in [0.2, 0.25) is 0 Å². The first-order chi connectivity index (χ1) is 7.40. The maximum atomic E-state index is 12.3. The van der Waals surface area contributed by atoms with Crippen molar-refractivity contribution in [2.24, 2.45) is 16.7 Å². The van der Waals surface area contributed by atoms with E-state index in [9.17, 15) is 4.79 Å². The van der Waals surface area contributed by atoms with Gasteiger partial charge in [-0.3, -0.25) is 4.79 Å². The fraction of sp³-hybridized carbons (Fsp3) is 0.786. The number of ketones is 1. The predicted molar refractivity (Wildman–Crippen MR) is 63.9 cm³/mol. The molecule has 0 aliphatic heterocycles. The van der Waals surface area contributed by atoms with Crippen molar-refractivity contribution < 1.29 is 9.53 Å². The lowest BCUT2D eigenvalue weighted by molar-refractivity contribution is -0.135. The molecule has 0 amide bonds. The molecular formula is C14H22O2. The topological polar surface area (TPSA) is 26.3 Å². The summed E-state index contributed by atoms with van der Waals surface area (Å²) in [6, 6.07) is 0. The fourth-order valence-corrected chi connectivity index (χ4v) is 3.63. The van der Waals surface area contributed by atoms with E-state index in [4.69, 9.17) is 4.74 Å². The second-order valence-electron chi connectivity index (χ2n) is 6.20. The van der Waals surface area contributed by atoms with Gasteiger partial charge in [0.1, 0.15) is 0 Å². The molecule has 0 aromatic carbocycles. The van der Waals surface area contributed by atoms with Crippen LogP contribution in [0.5, 0.6) is 0 Å². The number of hydrogen-bond acceptors (Lipinski definition) is 2. The van der Waals surface area contributed by atoms with Crippen molar-refractivity contribution in [3.05, 3.63) is 11.8 Å². The number of fused-ring (bicyclic) bond motifs is 1. The number of methoxy groups -OCH3 is 1. The van der Waals surface area contributed by atoms with Gasteiger partial charge >= 0.3 is 0 Å². The highest BCUT2D eigenvalue weighted by Crippen LogP contribution is 2.55. The van der Waals surface area contributed by atoms with Crippen molar-refractivity contribution in [2.75, 3.05) is 7.11 Å². The predicted octanol–water partition coefficient (Wildman–Crippen LogP) is 3.32. The van der Waals surface area contributed by atoms with Gasteiger partial charge in [0.2, 0.25) is 0 Å². The molecule has 90 valence electrons. The zero-order chi connectivity index (χ0) is 12.0. The Labute approximate surface area is 98.1 Å². The van der Waals surface area contributed by atoms with E-state index < -0.39 is 0 Å². The van der Waals surface area contributed by atoms with Gasteiger partial charge < -0.3 is 4.74 Å². The number of ether oxygens (including phenoxy) is 1. The Bertz CT molecular complexity index is 341. The molecule has 0 unspecified atom stereocenters. The molecule has 0 bridgehead atoms. The number of hydrogen-bond donors (Lipinski definition) is 0. The summed E-state index contributed by atoms with van der Waals surface area (Å²) in [6.45, 7) is 6.73. The smallest absolute Gasteiger partial charge is 0.165 e. The van der Waals surface area contributed by atoms with Gasteiger partial charge in [0.25, 0.3) is 0 Å². The monoisotopic (exact) mass is 222 g/mol. The first kappa shape index (κ1) is 11.7. The Morgan fingerprint density at radius 3 is 2.62 bits per heavy atom. The molecule has 1 fully saturated rings.